The lowest BCUT2D eigenvalue weighted by molar-refractivity contribution is -0.121. The first-order chi connectivity index (χ1) is 15.9. The van der Waals surface area contributed by atoms with Gasteiger partial charge >= 0.3 is 0 Å². The van der Waals surface area contributed by atoms with E-state index in [0.717, 1.165) is 11.1 Å². The molecule has 1 atom stereocenters. The van der Waals surface area contributed by atoms with E-state index in [-0.39, 0.29) is 31.6 Å². The standard InChI is InChI=1S/C24H24N4O5/c1-14-15(10-25)5-4-6-18(14)19-7-8-20(23-22(19)27(2)21(30)13-33-23)24(31)28-11-16(26-32-3)9-17(28)12-29/h4-8,17,29H,9,11-13H2,1-3H3/b26-16+. The molecule has 4 rings (SSSR count). The maximum Gasteiger partial charge on any atom is 0.264 e. The summed E-state index contributed by atoms with van der Waals surface area (Å²) in [5.74, 6) is -0.273. The molecule has 0 aromatic heterocycles. The SMILES string of the molecule is CO/N=C1\CC(CO)N(C(=O)c2ccc(-c3cccc(C#N)c3C)c3c2OCC(=O)N3C)C1. The van der Waals surface area contributed by atoms with Crippen LogP contribution >= 0.6 is 0 Å². The molecule has 9 nitrogen and oxygen atoms in total. The van der Waals surface area contributed by atoms with Gasteiger partial charge in [0.25, 0.3) is 11.8 Å². The minimum absolute atomic E-state index is 0.190. The maximum atomic E-state index is 13.5. The molecule has 2 aliphatic rings. The monoisotopic (exact) mass is 448 g/mol. The Morgan fingerprint density at radius 1 is 1.33 bits per heavy atom. The first kappa shape index (κ1) is 22.3. The fraction of sp³-hybridized carbons (Fsp3) is 0.333. The van der Waals surface area contributed by atoms with Crippen molar-refractivity contribution in [3.8, 4) is 22.9 Å². The molecule has 2 amide bonds. The highest BCUT2D eigenvalue weighted by atomic mass is 16.6. The number of hydrogen-bond acceptors (Lipinski definition) is 7. The summed E-state index contributed by atoms with van der Waals surface area (Å²) >= 11 is 0. The smallest absolute Gasteiger partial charge is 0.264 e. The lowest BCUT2D eigenvalue weighted by Crippen LogP contribution is -2.40. The molecular formula is C24H24N4O5. The van der Waals surface area contributed by atoms with Gasteiger partial charge in [-0.15, -0.1) is 0 Å². The van der Waals surface area contributed by atoms with E-state index in [0.29, 0.717) is 40.3 Å². The van der Waals surface area contributed by atoms with E-state index in [1.807, 2.05) is 13.0 Å². The third-order valence-electron chi connectivity index (χ3n) is 6.11. The number of aliphatic hydroxyl groups excluding tert-OH is 1. The van der Waals surface area contributed by atoms with Crippen LogP contribution in [0.3, 0.4) is 0 Å². The molecule has 33 heavy (non-hydrogen) atoms. The molecule has 2 heterocycles. The number of ether oxygens (including phenoxy) is 1. The van der Waals surface area contributed by atoms with Crippen molar-refractivity contribution in [1.29, 1.82) is 5.26 Å². The number of aliphatic hydroxyl groups is 1. The van der Waals surface area contributed by atoms with E-state index in [4.69, 9.17) is 9.57 Å². The van der Waals surface area contributed by atoms with Crippen LogP contribution in [0.2, 0.25) is 0 Å². The maximum absolute atomic E-state index is 13.5. The van der Waals surface area contributed by atoms with Crippen molar-refractivity contribution in [2.75, 3.05) is 38.8 Å². The lowest BCUT2D eigenvalue weighted by atomic mass is 9.93. The van der Waals surface area contributed by atoms with Crippen LogP contribution in [0.25, 0.3) is 11.1 Å². The summed E-state index contributed by atoms with van der Waals surface area (Å²) in [6.45, 7) is 1.67. The van der Waals surface area contributed by atoms with Crippen molar-refractivity contribution in [3.05, 3.63) is 47.0 Å². The summed E-state index contributed by atoms with van der Waals surface area (Å²) < 4.78 is 5.80. The topological polar surface area (TPSA) is 115 Å². The van der Waals surface area contributed by atoms with Crippen molar-refractivity contribution in [2.45, 2.75) is 19.4 Å². The Morgan fingerprint density at radius 2 is 2.12 bits per heavy atom. The number of carbonyl (C=O) groups is 2. The lowest BCUT2D eigenvalue weighted by Gasteiger charge is -2.31. The first-order valence-corrected chi connectivity index (χ1v) is 10.5. The Balaban J connectivity index is 1.85. The molecule has 1 unspecified atom stereocenters. The number of likely N-dealkylation sites (tertiary alicyclic amines) is 1. The zero-order chi connectivity index (χ0) is 23.7. The van der Waals surface area contributed by atoms with Crippen LogP contribution in [0.4, 0.5) is 5.69 Å². The van der Waals surface area contributed by atoms with Crippen LogP contribution in [0, 0.1) is 18.3 Å². The van der Waals surface area contributed by atoms with E-state index in [1.165, 1.54) is 16.9 Å². The summed E-state index contributed by atoms with van der Waals surface area (Å²) in [6, 6.07) is 10.6. The predicted molar refractivity (Wildman–Crippen MR) is 121 cm³/mol. The number of rotatable bonds is 4. The van der Waals surface area contributed by atoms with Gasteiger partial charge in [-0.3, -0.25) is 9.59 Å². The molecule has 0 spiro atoms. The number of likely N-dealkylation sites (N-methyl/N-ethyl adjacent to an activating group) is 1. The Labute approximate surface area is 191 Å². The van der Waals surface area contributed by atoms with Crippen LogP contribution in [-0.2, 0) is 9.63 Å². The Kier molecular flexibility index (Phi) is 6.03. The first-order valence-electron chi connectivity index (χ1n) is 10.5. The summed E-state index contributed by atoms with van der Waals surface area (Å²) in [4.78, 5) is 33.9. The number of anilines is 1. The third kappa shape index (κ3) is 3.79. The van der Waals surface area contributed by atoms with Gasteiger partial charge in [0.05, 0.1) is 47.8 Å². The predicted octanol–water partition coefficient (Wildman–Crippen LogP) is 2.10. The highest BCUT2D eigenvalue weighted by Crippen LogP contribution is 2.44. The number of oxime groups is 1. The normalized spacial score (nSPS) is 18.7. The largest absolute Gasteiger partial charge is 0.481 e. The van der Waals surface area contributed by atoms with Crippen LogP contribution in [0.5, 0.6) is 5.75 Å². The van der Waals surface area contributed by atoms with Crippen molar-refractivity contribution in [3.63, 3.8) is 0 Å². The highest BCUT2D eigenvalue weighted by Gasteiger charge is 2.37. The number of nitriles is 1. The van der Waals surface area contributed by atoms with Gasteiger partial charge in [-0.25, -0.2) is 0 Å². The number of benzene rings is 2. The number of carbonyl (C=O) groups excluding carboxylic acids is 2. The minimum atomic E-state index is -0.431. The van der Waals surface area contributed by atoms with E-state index >= 15 is 0 Å². The fourth-order valence-electron chi connectivity index (χ4n) is 4.36. The summed E-state index contributed by atoms with van der Waals surface area (Å²) in [5, 5.41) is 23.2. The van der Waals surface area contributed by atoms with E-state index < -0.39 is 6.04 Å². The fourth-order valence-corrected chi connectivity index (χ4v) is 4.36. The molecule has 9 heteroatoms. The van der Waals surface area contributed by atoms with Gasteiger partial charge in [-0.1, -0.05) is 23.4 Å². The summed E-state index contributed by atoms with van der Waals surface area (Å²) in [6.07, 6.45) is 0.412. The molecule has 0 aliphatic carbocycles. The highest BCUT2D eigenvalue weighted by molar-refractivity contribution is 6.09. The molecule has 1 N–H and O–H groups in total. The molecule has 2 aromatic rings. The second-order valence-corrected chi connectivity index (χ2v) is 7.98. The average Bonchev–Trinajstić information content (AvgIpc) is 3.24. The van der Waals surface area contributed by atoms with Gasteiger partial charge in [0.1, 0.15) is 7.11 Å². The molecule has 0 saturated carbocycles. The number of fused-ring (bicyclic) bond motifs is 1. The summed E-state index contributed by atoms with van der Waals surface area (Å²) in [5.41, 5.74) is 4.19. The van der Waals surface area contributed by atoms with E-state index in [9.17, 15) is 20.0 Å². The third-order valence-corrected chi connectivity index (χ3v) is 6.11. The van der Waals surface area contributed by atoms with Crippen molar-refractivity contribution in [1.82, 2.24) is 4.90 Å². The van der Waals surface area contributed by atoms with Gasteiger partial charge in [0, 0.05) is 19.0 Å². The van der Waals surface area contributed by atoms with Gasteiger partial charge in [-0.05, 0) is 30.2 Å². The number of hydrogen-bond donors (Lipinski definition) is 1. The van der Waals surface area contributed by atoms with Crippen LogP contribution in [-0.4, -0.2) is 67.5 Å². The van der Waals surface area contributed by atoms with Gasteiger partial charge < -0.3 is 24.5 Å². The quantitative estimate of drug-likeness (QED) is 0.717. The molecular weight excluding hydrogens is 424 g/mol. The van der Waals surface area contributed by atoms with E-state index in [1.54, 1.807) is 31.3 Å². The zero-order valence-corrected chi connectivity index (χ0v) is 18.7. The Morgan fingerprint density at radius 3 is 2.82 bits per heavy atom. The van der Waals surface area contributed by atoms with Gasteiger partial charge in [0.15, 0.2) is 12.4 Å². The van der Waals surface area contributed by atoms with Gasteiger partial charge in [-0.2, -0.15) is 5.26 Å². The molecule has 0 bridgehead atoms. The van der Waals surface area contributed by atoms with Crippen molar-refractivity contribution in [2.24, 2.45) is 5.16 Å². The molecule has 1 fully saturated rings. The number of nitrogens with zero attached hydrogens (tertiary/aromatic N) is 4. The summed E-state index contributed by atoms with van der Waals surface area (Å²) in [7, 11) is 3.07. The molecule has 170 valence electrons. The molecule has 2 aliphatic heterocycles. The molecule has 1 saturated heterocycles. The van der Waals surface area contributed by atoms with E-state index in [2.05, 4.69) is 11.2 Å². The van der Waals surface area contributed by atoms with Crippen LogP contribution in [0.1, 0.15) is 27.9 Å². The minimum Gasteiger partial charge on any atom is -0.481 e. The average molecular weight is 448 g/mol. The zero-order valence-electron chi connectivity index (χ0n) is 18.7. The molecule has 2 aromatic carbocycles. The number of amides is 2. The van der Waals surface area contributed by atoms with Crippen LogP contribution in [0.15, 0.2) is 35.5 Å². The Hall–Kier alpha value is -3.90. The van der Waals surface area contributed by atoms with Crippen LogP contribution < -0.4 is 9.64 Å². The van der Waals surface area contributed by atoms with Crippen molar-refractivity contribution >= 4 is 23.2 Å². The van der Waals surface area contributed by atoms with Crippen molar-refractivity contribution < 1.29 is 24.3 Å². The van der Waals surface area contributed by atoms with Gasteiger partial charge in [0.2, 0.25) is 0 Å². The molecule has 0 radical (unpaired) electrons. The Bertz CT molecular complexity index is 1200. The second-order valence-electron chi connectivity index (χ2n) is 7.98. The second kappa shape index (κ2) is 8.92.